The van der Waals surface area contributed by atoms with Gasteiger partial charge < -0.3 is 0 Å². The molecule has 10 heteroatoms. The van der Waals surface area contributed by atoms with E-state index in [-0.39, 0.29) is 16.2 Å². The van der Waals surface area contributed by atoms with Crippen LogP contribution in [0.5, 0.6) is 0 Å². The van der Waals surface area contributed by atoms with Crippen molar-refractivity contribution >= 4 is 90.8 Å². The average Bonchev–Trinajstić information content (AvgIpc) is 4.04. The Bertz CT molecular complexity index is 2430. The Kier molecular flexibility index (Phi) is 12.3. The molecule has 0 spiro atoms. The van der Waals surface area contributed by atoms with Crippen LogP contribution in [0.3, 0.4) is 0 Å². The highest BCUT2D eigenvalue weighted by atomic mass is 32.1. The number of hydrogen-bond acceptors (Lipinski definition) is 9. The summed E-state index contributed by atoms with van der Waals surface area (Å²) in [6.07, 6.45) is 17.0. The summed E-state index contributed by atoms with van der Waals surface area (Å²) in [5, 5.41) is 0. The first-order valence-electron chi connectivity index (χ1n) is 21.5. The van der Waals surface area contributed by atoms with Crippen molar-refractivity contribution in [2.45, 2.75) is 162 Å². The molecule has 0 radical (unpaired) electrons. The van der Waals surface area contributed by atoms with Crippen LogP contribution in [0.25, 0.3) is 50.7 Å². The molecule has 57 heavy (non-hydrogen) atoms. The summed E-state index contributed by atoms with van der Waals surface area (Å²) in [6.45, 7) is 18.9. The van der Waals surface area contributed by atoms with Gasteiger partial charge in [-0.2, -0.15) is 17.5 Å². The number of fused-ring (bicyclic) bond motifs is 5. The molecule has 302 valence electrons. The SMILES string of the molecule is CCCCCC(C)(C)c1ccc(-c2cc3c(s2)-c2sc(-c4ccc(-c5c6c(c(C(C)(CCC)CCC)c7nsnc57)N=S=N6)s4)cc2C3(CCCC)CCCC)s1. The van der Waals surface area contributed by atoms with Gasteiger partial charge in [0.15, 0.2) is 0 Å². The van der Waals surface area contributed by atoms with Crippen molar-refractivity contribution in [3.63, 3.8) is 0 Å². The van der Waals surface area contributed by atoms with Gasteiger partial charge in [0.25, 0.3) is 0 Å². The van der Waals surface area contributed by atoms with Gasteiger partial charge in [0.05, 0.1) is 23.1 Å². The van der Waals surface area contributed by atoms with Crippen molar-refractivity contribution in [3.8, 4) is 39.7 Å². The first-order chi connectivity index (χ1) is 27.6. The summed E-state index contributed by atoms with van der Waals surface area (Å²) in [5.41, 5.74) is 9.88. The molecule has 2 aliphatic rings. The molecule has 0 saturated carbocycles. The van der Waals surface area contributed by atoms with E-state index in [4.69, 9.17) is 17.5 Å². The van der Waals surface area contributed by atoms with Crippen molar-refractivity contribution in [3.05, 3.63) is 58.0 Å². The Balaban J connectivity index is 1.20. The van der Waals surface area contributed by atoms with E-state index in [0.717, 1.165) is 53.7 Å². The van der Waals surface area contributed by atoms with Gasteiger partial charge in [0.2, 0.25) is 0 Å². The zero-order valence-electron chi connectivity index (χ0n) is 35.1. The fourth-order valence-electron chi connectivity index (χ4n) is 9.76. The predicted molar refractivity (Wildman–Crippen MR) is 256 cm³/mol. The molecule has 0 fully saturated rings. The van der Waals surface area contributed by atoms with Crippen molar-refractivity contribution in [2.24, 2.45) is 8.73 Å². The van der Waals surface area contributed by atoms with Gasteiger partial charge in [-0.25, -0.2) is 0 Å². The molecule has 8 rings (SSSR count). The maximum atomic E-state index is 4.98. The number of aromatic nitrogens is 2. The molecular formula is C47H58N4S6. The molecule has 0 atom stereocenters. The monoisotopic (exact) mass is 870 g/mol. The van der Waals surface area contributed by atoms with Crippen LogP contribution < -0.4 is 0 Å². The molecule has 4 nitrogen and oxygen atoms in total. The van der Waals surface area contributed by atoms with E-state index in [1.165, 1.54) is 132 Å². The molecule has 6 heterocycles. The molecule has 0 N–H and O–H groups in total. The summed E-state index contributed by atoms with van der Waals surface area (Å²) in [7, 11) is 0. The topological polar surface area (TPSA) is 50.5 Å². The van der Waals surface area contributed by atoms with Crippen molar-refractivity contribution in [1.82, 2.24) is 8.75 Å². The molecule has 0 bridgehead atoms. The van der Waals surface area contributed by atoms with E-state index in [1.54, 1.807) is 11.1 Å². The molecule has 5 aromatic heterocycles. The standard InChI is InChI=1S/C47H58N4S6/c1-9-14-17-24-45(6,7)36-21-20-32(53-36)35-28-30-44(55-35)43-29(47(30,25-15-10-2)26-16-11-3)27-34(54-43)31-18-19-33(52-31)37-39-41(50-56-48-39)38(42-40(37)49-57-51-42)46(8,22-12-4)23-13-5/h18-21,27-28H,9-17,22-26H2,1-8H3. The largest absolute Gasteiger partial charge is 0.173 e. The summed E-state index contributed by atoms with van der Waals surface area (Å²) in [4.78, 5) is 11.4. The van der Waals surface area contributed by atoms with Gasteiger partial charge in [-0.1, -0.05) is 113 Å². The summed E-state index contributed by atoms with van der Waals surface area (Å²) >= 11 is 10.7. The van der Waals surface area contributed by atoms with Crippen LogP contribution in [0.15, 0.2) is 45.1 Å². The van der Waals surface area contributed by atoms with E-state index >= 15 is 0 Å². The number of benzene rings is 1. The Labute approximate surface area is 364 Å². The molecule has 0 amide bonds. The van der Waals surface area contributed by atoms with Crippen LogP contribution in [0.4, 0.5) is 11.4 Å². The lowest BCUT2D eigenvalue weighted by molar-refractivity contribution is 0.395. The van der Waals surface area contributed by atoms with Crippen molar-refractivity contribution in [1.29, 1.82) is 0 Å². The molecule has 1 aliphatic heterocycles. The first-order valence-corrected chi connectivity index (χ1v) is 26.3. The van der Waals surface area contributed by atoms with E-state index in [1.807, 2.05) is 34.0 Å². The molecule has 0 saturated heterocycles. The third-order valence-electron chi connectivity index (χ3n) is 12.8. The van der Waals surface area contributed by atoms with E-state index in [9.17, 15) is 0 Å². The summed E-state index contributed by atoms with van der Waals surface area (Å²) in [6, 6.07) is 14.7. The Morgan fingerprint density at radius 3 is 1.77 bits per heavy atom. The first kappa shape index (κ1) is 41.4. The molecule has 1 aromatic carbocycles. The number of rotatable bonds is 19. The second kappa shape index (κ2) is 17.0. The third-order valence-corrected chi connectivity index (χ3v) is 19.2. The normalized spacial score (nSPS) is 14.5. The van der Waals surface area contributed by atoms with Gasteiger partial charge in [0, 0.05) is 55.6 Å². The second-order valence-corrected chi connectivity index (χ2v) is 22.7. The van der Waals surface area contributed by atoms with E-state index in [2.05, 4.69) is 103 Å². The summed E-state index contributed by atoms with van der Waals surface area (Å²) in [5.74, 6) is 0. The number of thiophene rings is 4. The highest BCUT2D eigenvalue weighted by Crippen LogP contribution is 2.63. The lowest BCUT2D eigenvalue weighted by Gasteiger charge is -2.31. The van der Waals surface area contributed by atoms with Crippen LogP contribution in [0.1, 0.15) is 167 Å². The smallest absolute Gasteiger partial charge is 0.116 e. The van der Waals surface area contributed by atoms with Crippen LogP contribution in [0.2, 0.25) is 0 Å². The average molecular weight is 871 g/mol. The highest BCUT2D eigenvalue weighted by molar-refractivity contribution is 7.58. The van der Waals surface area contributed by atoms with Crippen LogP contribution in [-0.4, -0.2) is 8.75 Å². The van der Waals surface area contributed by atoms with Gasteiger partial charge in [-0.05, 0) is 90.5 Å². The zero-order valence-corrected chi connectivity index (χ0v) is 40.0. The fourth-order valence-corrected chi connectivity index (χ4v) is 15.9. The molecule has 1 aliphatic carbocycles. The Hall–Kier alpha value is -2.34. The minimum Gasteiger partial charge on any atom is -0.173 e. The Morgan fingerprint density at radius 1 is 0.561 bits per heavy atom. The fraction of sp³-hybridized carbons (Fsp3) is 0.532. The molecular weight excluding hydrogens is 813 g/mol. The quantitative estimate of drug-likeness (QED) is 0.0760. The Morgan fingerprint density at radius 2 is 1.14 bits per heavy atom. The van der Waals surface area contributed by atoms with Crippen molar-refractivity contribution < 1.29 is 0 Å². The van der Waals surface area contributed by atoms with Crippen LogP contribution in [0, 0.1) is 0 Å². The van der Waals surface area contributed by atoms with Crippen molar-refractivity contribution in [2.75, 3.05) is 0 Å². The second-order valence-electron chi connectivity index (χ2n) is 17.4. The van der Waals surface area contributed by atoms with E-state index in [0.29, 0.717) is 0 Å². The lowest BCUT2D eigenvalue weighted by atomic mass is 9.71. The van der Waals surface area contributed by atoms with E-state index < -0.39 is 0 Å². The highest BCUT2D eigenvalue weighted by Gasteiger charge is 2.46. The number of unbranched alkanes of at least 4 members (excludes halogenated alkanes) is 4. The van der Waals surface area contributed by atoms with Crippen LogP contribution >= 0.6 is 57.1 Å². The minimum absolute atomic E-state index is 0.0125. The third kappa shape index (κ3) is 7.34. The predicted octanol–water partition coefficient (Wildman–Crippen LogP) is 18.0. The molecule has 0 unspecified atom stereocenters. The van der Waals surface area contributed by atoms with Crippen LogP contribution in [-0.2, 0) is 27.6 Å². The minimum atomic E-state index is -0.0125. The molecule has 6 aromatic rings. The summed E-state index contributed by atoms with van der Waals surface area (Å²) < 4.78 is 19.9. The number of nitrogens with zero attached hydrogens (tertiary/aromatic N) is 4. The van der Waals surface area contributed by atoms with Gasteiger partial charge >= 0.3 is 0 Å². The van der Waals surface area contributed by atoms with Gasteiger partial charge in [-0.15, -0.1) is 45.3 Å². The maximum absolute atomic E-state index is 4.98. The van der Waals surface area contributed by atoms with Gasteiger partial charge in [-0.3, -0.25) is 0 Å². The maximum Gasteiger partial charge on any atom is 0.116 e. The number of hydrogen-bond donors (Lipinski definition) is 0. The zero-order chi connectivity index (χ0) is 40.0. The lowest BCUT2D eigenvalue weighted by Crippen LogP contribution is -2.24. The van der Waals surface area contributed by atoms with Gasteiger partial charge in [0.1, 0.15) is 22.4 Å².